The first-order valence-electron chi connectivity index (χ1n) is 11.4. The van der Waals surface area contributed by atoms with Gasteiger partial charge in [0.25, 0.3) is 5.91 Å². The van der Waals surface area contributed by atoms with Crippen LogP contribution in [-0.4, -0.2) is 28.5 Å². The van der Waals surface area contributed by atoms with E-state index in [1.54, 1.807) is 48.7 Å². The van der Waals surface area contributed by atoms with E-state index in [0.717, 1.165) is 5.56 Å². The summed E-state index contributed by atoms with van der Waals surface area (Å²) >= 11 is 5.99. The Morgan fingerprint density at radius 3 is 2.35 bits per heavy atom. The van der Waals surface area contributed by atoms with Crippen LogP contribution in [0.2, 0.25) is 5.02 Å². The second-order valence-corrected chi connectivity index (χ2v) is 8.16. The highest BCUT2D eigenvalue weighted by Gasteiger charge is 2.15. The van der Waals surface area contributed by atoms with Crippen LogP contribution in [-0.2, 0) is 0 Å². The number of benzene rings is 2. The third-order valence-corrected chi connectivity index (χ3v) is 5.25. The van der Waals surface area contributed by atoms with Crippen LogP contribution in [0.5, 0.6) is 0 Å². The molecule has 0 saturated heterocycles. The molecule has 0 bridgehead atoms. The van der Waals surface area contributed by atoms with E-state index in [1.807, 2.05) is 37.3 Å². The van der Waals surface area contributed by atoms with E-state index in [2.05, 4.69) is 43.1 Å². The van der Waals surface area contributed by atoms with Gasteiger partial charge in [0.05, 0.1) is 11.3 Å². The molecule has 0 saturated carbocycles. The Balaban J connectivity index is 1.53. The summed E-state index contributed by atoms with van der Waals surface area (Å²) in [5.74, 6) is 5.96. The molecule has 2 aromatic heterocycles. The molecular formula is C28H23ClN6O2. The minimum absolute atomic E-state index is 0.287. The van der Waals surface area contributed by atoms with Gasteiger partial charge in [0, 0.05) is 47.0 Å². The first-order valence-corrected chi connectivity index (χ1v) is 11.8. The lowest BCUT2D eigenvalue weighted by atomic mass is 10.1. The molecule has 0 aliphatic heterocycles. The Hall–Kier alpha value is -4.87. The standard InChI is InChI=1S/C28H23ClN6O2/c1-2-30-28(37)35-26-17-25(33-22-14-9-20(29)10-15-22)24(18-32-26)27(36)34-23-12-7-19(8-13-23)6-11-21-5-3-4-16-31-21/h3-5,7-10,12-18H,2H2,1H3,(H,34,36)(H3,30,32,33,35,37). The topological polar surface area (TPSA) is 108 Å². The van der Waals surface area contributed by atoms with E-state index in [-0.39, 0.29) is 17.3 Å². The summed E-state index contributed by atoms with van der Waals surface area (Å²) in [7, 11) is 0. The quantitative estimate of drug-likeness (QED) is 0.250. The van der Waals surface area contributed by atoms with Crippen LogP contribution in [0.1, 0.15) is 28.5 Å². The summed E-state index contributed by atoms with van der Waals surface area (Å²) < 4.78 is 0. The molecular weight excluding hydrogens is 488 g/mol. The lowest BCUT2D eigenvalue weighted by molar-refractivity contribution is 0.102. The van der Waals surface area contributed by atoms with Gasteiger partial charge < -0.3 is 16.0 Å². The van der Waals surface area contributed by atoms with Crippen molar-refractivity contribution in [1.82, 2.24) is 15.3 Å². The van der Waals surface area contributed by atoms with Crippen molar-refractivity contribution in [2.45, 2.75) is 6.92 Å². The summed E-state index contributed by atoms with van der Waals surface area (Å²) in [6.07, 6.45) is 3.10. The average molecular weight is 511 g/mol. The predicted octanol–water partition coefficient (Wildman–Crippen LogP) is 5.67. The number of carbonyl (C=O) groups excluding carboxylic acids is 2. The molecule has 0 fully saturated rings. The molecule has 0 radical (unpaired) electrons. The van der Waals surface area contributed by atoms with Gasteiger partial charge in [-0.15, -0.1) is 0 Å². The van der Waals surface area contributed by atoms with Gasteiger partial charge in [-0.25, -0.2) is 14.8 Å². The van der Waals surface area contributed by atoms with Crippen molar-refractivity contribution in [3.05, 3.63) is 107 Å². The fourth-order valence-corrected chi connectivity index (χ4v) is 3.35. The van der Waals surface area contributed by atoms with E-state index in [0.29, 0.717) is 34.3 Å². The molecule has 0 aliphatic rings. The second-order valence-electron chi connectivity index (χ2n) is 7.73. The van der Waals surface area contributed by atoms with Gasteiger partial charge in [-0.1, -0.05) is 23.6 Å². The molecule has 0 spiro atoms. The van der Waals surface area contributed by atoms with Gasteiger partial charge in [0.1, 0.15) is 11.5 Å². The number of nitrogens with one attached hydrogen (secondary N) is 4. The zero-order valence-corrected chi connectivity index (χ0v) is 20.6. The smallest absolute Gasteiger partial charge is 0.320 e. The maximum atomic E-state index is 13.2. The number of halogens is 1. The maximum Gasteiger partial charge on any atom is 0.320 e. The molecule has 3 amide bonds. The molecule has 8 nitrogen and oxygen atoms in total. The van der Waals surface area contributed by atoms with Crippen LogP contribution < -0.4 is 21.3 Å². The van der Waals surface area contributed by atoms with Crippen molar-refractivity contribution in [3.8, 4) is 11.8 Å². The number of anilines is 4. The van der Waals surface area contributed by atoms with E-state index < -0.39 is 6.03 Å². The van der Waals surface area contributed by atoms with Crippen molar-refractivity contribution in [2.24, 2.45) is 0 Å². The highest BCUT2D eigenvalue weighted by Crippen LogP contribution is 2.25. The van der Waals surface area contributed by atoms with Crippen LogP contribution in [0.25, 0.3) is 0 Å². The number of urea groups is 1. The number of nitrogens with zero attached hydrogens (tertiary/aromatic N) is 2. The molecule has 4 aromatic rings. The van der Waals surface area contributed by atoms with Crippen molar-refractivity contribution in [1.29, 1.82) is 0 Å². The number of aromatic nitrogens is 2. The van der Waals surface area contributed by atoms with Crippen molar-refractivity contribution < 1.29 is 9.59 Å². The molecule has 0 unspecified atom stereocenters. The molecule has 4 N–H and O–H groups in total. The van der Waals surface area contributed by atoms with Gasteiger partial charge in [0.15, 0.2) is 0 Å². The number of hydrogen-bond acceptors (Lipinski definition) is 5. The van der Waals surface area contributed by atoms with Crippen LogP contribution in [0.3, 0.4) is 0 Å². The SMILES string of the molecule is CCNC(=O)Nc1cc(Nc2ccc(Cl)cc2)c(C(=O)Nc2ccc(C#Cc3ccccn3)cc2)cn1. The second kappa shape index (κ2) is 12.2. The number of rotatable bonds is 6. The average Bonchev–Trinajstić information content (AvgIpc) is 2.90. The van der Waals surface area contributed by atoms with E-state index in [1.165, 1.54) is 6.20 Å². The summed E-state index contributed by atoms with van der Waals surface area (Å²) in [5, 5.41) is 12.0. The highest BCUT2D eigenvalue weighted by atomic mass is 35.5. The highest BCUT2D eigenvalue weighted by molar-refractivity contribution is 6.30. The van der Waals surface area contributed by atoms with E-state index in [9.17, 15) is 9.59 Å². The van der Waals surface area contributed by atoms with Crippen molar-refractivity contribution >= 4 is 46.4 Å². The lowest BCUT2D eigenvalue weighted by Gasteiger charge is -2.14. The molecule has 9 heteroatoms. The first kappa shape index (κ1) is 25.2. The molecule has 184 valence electrons. The molecule has 0 aliphatic carbocycles. The maximum absolute atomic E-state index is 13.2. The number of pyridine rings is 2. The summed E-state index contributed by atoms with van der Waals surface area (Å²) in [5.41, 5.74) is 3.52. The Morgan fingerprint density at radius 2 is 1.65 bits per heavy atom. The van der Waals surface area contributed by atoms with Crippen molar-refractivity contribution in [2.75, 3.05) is 22.5 Å². The molecule has 37 heavy (non-hydrogen) atoms. The van der Waals surface area contributed by atoms with Crippen LogP contribution in [0, 0.1) is 11.8 Å². The molecule has 2 aromatic carbocycles. The van der Waals surface area contributed by atoms with E-state index in [4.69, 9.17) is 11.6 Å². The zero-order chi connectivity index (χ0) is 26.0. The first-order chi connectivity index (χ1) is 18.0. The van der Waals surface area contributed by atoms with E-state index >= 15 is 0 Å². The predicted molar refractivity (Wildman–Crippen MR) is 146 cm³/mol. The Bertz CT molecular complexity index is 1450. The Labute approximate surface area is 219 Å². The number of amides is 3. The fourth-order valence-electron chi connectivity index (χ4n) is 3.23. The molecule has 0 atom stereocenters. The molecule has 2 heterocycles. The third-order valence-electron chi connectivity index (χ3n) is 4.99. The largest absolute Gasteiger partial charge is 0.355 e. The minimum atomic E-state index is -0.393. The lowest BCUT2D eigenvalue weighted by Crippen LogP contribution is -2.28. The number of hydrogen-bond donors (Lipinski definition) is 4. The summed E-state index contributed by atoms with van der Waals surface area (Å²) in [6.45, 7) is 2.28. The van der Waals surface area contributed by atoms with Crippen molar-refractivity contribution in [3.63, 3.8) is 0 Å². The van der Waals surface area contributed by atoms with Crippen LogP contribution >= 0.6 is 11.6 Å². The fraction of sp³-hybridized carbons (Fsp3) is 0.0714. The third kappa shape index (κ3) is 7.31. The van der Waals surface area contributed by atoms with Crippen LogP contribution in [0.15, 0.2) is 85.2 Å². The number of carbonyl (C=O) groups is 2. The van der Waals surface area contributed by atoms with Gasteiger partial charge >= 0.3 is 6.03 Å². The summed E-state index contributed by atoms with van der Waals surface area (Å²) in [4.78, 5) is 33.5. The molecule has 4 rings (SSSR count). The Kier molecular flexibility index (Phi) is 8.32. The summed E-state index contributed by atoms with van der Waals surface area (Å²) in [6, 6.07) is 21.0. The van der Waals surface area contributed by atoms with Gasteiger partial charge in [-0.3, -0.25) is 10.1 Å². The monoisotopic (exact) mass is 510 g/mol. The van der Waals surface area contributed by atoms with Gasteiger partial charge in [-0.2, -0.15) is 0 Å². The van der Waals surface area contributed by atoms with Gasteiger partial charge in [0.2, 0.25) is 0 Å². The zero-order valence-electron chi connectivity index (χ0n) is 19.9. The Morgan fingerprint density at radius 1 is 0.892 bits per heavy atom. The normalized spacial score (nSPS) is 10.0. The van der Waals surface area contributed by atoms with Crippen LogP contribution in [0.4, 0.5) is 27.7 Å². The minimum Gasteiger partial charge on any atom is -0.355 e. The van der Waals surface area contributed by atoms with Gasteiger partial charge in [-0.05, 0) is 73.5 Å².